The van der Waals surface area contributed by atoms with Gasteiger partial charge in [0.15, 0.2) is 0 Å². The van der Waals surface area contributed by atoms with Crippen LogP contribution in [0.3, 0.4) is 0 Å². The second kappa shape index (κ2) is 7.51. The number of hydrogen-bond donors (Lipinski definition) is 3. The van der Waals surface area contributed by atoms with E-state index in [0.717, 1.165) is 30.6 Å². The Morgan fingerprint density at radius 3 is 2.42 bits per heavy atom. The summed E-state index contributed by atoms with van der Waals surface area (Å²) >= 11 is 0. The summed E-state index contributed by atoms with van der Waals surface area (Å²) in [6.45, 7) is 8.93. The molecule has 0 atom stereocenters. The molecule has 1 fully saturated rings. The first-order valence-electron chi connectivity index (χ1n) is 8.54. The number of carbonyl (C=O) groups excluding carboxylic acids is 1. The molecule has 24 heavy (non-hydrogen) atoms. The predicted octanol–water partition coefficient (Wildman–Crippen LogP) is 3.15. The fourth-order valence-corrected chi connectivity index (χ4v) is 3.39. The number of benzene rings is 1. The molecule has 1 aliphatic heterocycles. The molecule has 1 heterocycles. The molecular formula is C19H28N4O. The highest BCUT2D eigenvalue weighted by atomic mass is 16.1. The van der Waals surface area contributed by atoms with E-state index in [0.29, 0.717) is 18.1 Å². The van der Waals surface area contributed by atoms with Gasteiger partial charge in [0.25, 0.3) is 0 Å². The number of amidine groups is 1. The molecule has 0 aliphatic carbocycles. The van der Waals surface area contributed by atoms with E-state index in [-0.39, 0.29) is 5.91 Å². The highest BCUT2D eigenvalue weighted by Gasteiger charge is 2.26. The molecule has 1 aromatic carbocycles. The molecule has 5 nitrogen and oxygen atoms in total. The largest absolute Gasteiger partial charge is 0.374 e. The minimum atomic E-state index is -0.0422. The van der Waals surface area contributed by atoms with Gasteiger partial charge in [-0.3, -0.25) is 10.2 Å². The van der Waals surface area contributed by atoms with Crippen LogP contribution in [0.5, 0.6) is 0 Å². The third-order valence-corrected chi connectivity index (χ3v) is 4.41. The van der Waals surface area contributed by atoms with Gasteiger partial charge < -0.3 is 15.5 Å². The molecule has 3 N–H and O–H groups in total. The zero-order valence-corrected chi connectivity index (χ0v) is 15.3. The quantitative estimate of drug-likeness (QED) is 0.795. The van der Waals surface area contributed by atoms with Crippen LogP contribution in [0.4, 0.5) is 5.69 Å². The van der Waals surface area contributed by atoms with E-state index in [1.54, 1.807) is 7.05 Å². The number of rotatable bonds is 4. The Morgan fingerprint density at radius 1 is 1.25 bits per heavy atom. The number of aryl methyl sites for hydroxylation is 3. The molecule has 0 bridgehead atoms. The molecule has 0 saturated carbocycles. The van der Waals surface area contributed by atoms with Crippen molar-refractivity contribution in [2.75, 3.05) is 18.5 Å². The van der Waals surface area contributed by atoms with Crippen molar-refractivity contribution in [3.05, 3.63) is 40.2 Å². The van der Waals surface area contributed by atoms with Crippen LogP contribution < -0.4 is 15.5 Å². The SMILES string of the molecule is CCC(=O)N/C(NC)=C1\CCCN(c2c(C)cc(C)cc2C)C1=N. The second-order valence-corrected chi connectivity index (χ2v) is 6.36. The first-order chi connectivity index (χ1) is 11.4. The van der Waals surface area contributed by atoms with Crippen molar-refractivity contribution >= 4 is 17.4 Å². The van der Waals surface area contributed by atoms with Crippen molar-refractivity contribution in [1.29, 1.82) is 5.41 Å². The van der Waals surface area contributed by atoms with Crippen LogP contribution in [-0.2, 0) is 4.79 Å². The van der Waals surface area contributed by atoms with Gasteiger partial charge in [-0.1, -0.05) is 24.6 Å². The fraction of sp³-hybridized carbons (Fsp3) is 0.474. The van der Waals surface area contributed by atoms with Gasteiger partial charge in [-0.25, -0.2) is 0 Å². The summed E-state index contributed by atoms with van der Waals surface area (Å²) in [6, 6.07) is 4.32. The van der Waals surface area contributed by atoms with Crippen LogP contribution in [0.1, 0.15) is 42.9 Å². The molecule has 1 aliphatic rings. The van der Waals surface area contributed by atoms with Gasteiger partial charge in [0.2, 0.25) is 5.91 Å². The molecule has 1 aromatic rings. The summed E-state index contributed by atoms with van der Waals surface area (Å²) in [7, 11) is 1.78. The zero-order valence-electron chi connectivity index (χ0n) is 15.3. The van der Waals surface area contributed by atoms with E-state index in [1.165, 1.54) is 16.7 Å². The molecule has 130 valence electrons. The Bertz CT molecular complexity index is 668. The van der Waals surface area contributed by atoms with Crippen molar-refractivity contribution < 1.29 is 4.79 Å². The van der Waals surface area contributed by atoms with Crippen LogP contribution >= 0.6 is 0 Å². The summed E-state index contributed by atoms with van der Waals surface area (Å²) < 4.78 is 0. The van der Waals surface area contributed by atoms with E-state index < -0.39 is 0 Å². The second-order valence-electron chi connectivity index (χ2n) is 6.36. The van der Waals surface area contributed by atoms with Crippen molar-refractivity contribution in [3.8, 4) is 0 Å². The van der Waals surface area contributed by atoms with Gasteiger partial charge in [-0.2, -0.15) is 0 Å². The maximum absolute atomic E-state index is 11.8. The highest BCUT2D eigenvalue weighted by Crippen LogP contribution is 2.31. The molecule has 2 rings (SSSR count). The monoisotopic (exact) mass is 328 g/mol. The molecule has 1 amide bonds. The highest BCUT2D eigenvalue weighted by molar-refractivity contribution is 6.09. The first-order valence-corrected chi connectivity index (χ1v) is 8.54. The topological polar surface area (TPSA) is 68.2 Å². The molecule has 0 unspecified atom stereocenters. The normalized spacial score (nSPS) is 16.9. The van der Waals surface area contributed by atoms with Crippen LogP contribution in [0.25, 0.3) is 0 Å². The van der Waals surface area contributed by atoms with Gasteiger partial charge in [0.1, 0.15) is 11.7 Å². The van der Waals surface area contributed by atoms with E-state index in [9.17, 15) is 4.79 Å². The van der Waals surface area contributed by atoms with Crippen LogP contribution in [0, 0.1) is 26.2 Å². The van der Waals surface area contributed by atoms with Crippen LogP contribution in [0.15, 0.2) is 23.5 Å². The number of anilines is 1. The summed E-state index contributed by atoms with van der Waals surface area (Å²) in [4.78, 5) is 13.8. The van der Waals surface area contributed by atoms with E-state index >= 15 is 0 Å². The van der Waals surface area contributed by atoms with Crippen molar-refractivity contribution in [2.45, 2.75) is 47.0 Å². The number of piperidine rings is 1. The lowest BCUT2D eigenvalue weighted by atomic mass is 9.98. The first kappa shape index (κ1) is 18.0. The Kier molecular flexibility index (Phi) is 5.65. The lowest BCUT2D eigenvalue weighted by Crippen LogP contribution is -2.41. The molecule has 1 saturated heterocycles. The Hall–Kier alpha value is -2.30. The van der Waals surface area contributed by atoms with E-state index in [4.69, 9.17) is 5.41 Å². The molecular weight excluding hydrogens is 300 g/mol. The van der Waals surface area contributed by atoms with Crippen molar-refractivity contribution in [3.63, 3.8) is 0 Å². The number of carbonyl (C=O) groups is 1. The average Bonchev–Trinajstić information content (AvgIpc) is 2.53. The van der Waals surface area contributed by atoms with Crippen LogP contribution in [-0.4, -0.2) is 25.3 Å². The maximum atomic E-state index is 11.8. The van der Waals surface area contributed by atoms with Gasteiger partial charge in [0, 0.05) is 31.3 Å². The lowest BCUT2D eigenvalue weighted by molar-refractivity contribution is -0.120. The Balaban J connectivity index is 2.42. The predicted molar refractivity (Wildman–Crippen MR) is 99.5 cm³/mol. The van der Waals surface area contributed by atoms with Gasteiger partial charge in [-0.05, 0) is 44.7 Å². The van der Waals surface area contributed by atoms with E-state index in [2.05, 4.69) is 48.4 Å². The van der Waals surface area contributed by atoms with Gasteiger partial charge in [0.05, 0.1) is 0 Å². The third kappa shape index (κ3) is 3.61. The number of nitrogens with zero attached hydrogens (tertiary/aromatic N) is 1. The number of nitrogens with one attached hydrogen (secondary N) is 3. The number of amides is 1. The van der Waals surface area contributed by atoms with Crippen LogP contribution in [0.2, 0.25) is 0 Å². The zero-order chi connectivity index (χ0) is 17.9. The van der Waals surface area contributed by atoms with Gasteiger partial charge >= 0.3 is 0 Å². The minimum absolute atomic E-state index is 0.0422. The smallest absolute Gasteiger partial charge is 0.225 e. The Labute approximate surface area is 144 Å². The average molecular weight is 328 g/mol. The third-order valence-electron chi connectivity index (χ3n) is 4.41. The summed E-state index contributed by atoms with van der Waals surface area (Å²) in [5, 5.41) is 14.6. The van der Waals surface area contributed by atoms with E-state index in [1.807, 2.05) is 6.92 Å². The standard InChI is InChI=1S/C19H28N4O/c1-6-16(24)22-19(21-5)15-8-7-9-23(18(15)20)17-13(3)10-12(2)11-14(17)4/h10-11,20-21H,6-9H2,1-5H3,(H,22,24)/b19-15+,20-18?. The molecule has 5 heteroatoms. The minimum Gasteiger partial charge on any atom is -0.374 e. The van der Waals surface area contributed by atoms with Gasteiger partial charge in [-0.15, -0.1) is 0 Å². The summed E-state index contributed by atoms with van der Waals surface area (Å²) in [6.07, 6.45) is 2.17. The summed E-state index contributed by atoms with van der Waals surface area (Å²) in [5.41, 5.74) is 5.58. The molecule has 0 radical (unpaired) electrons. The molecule has 0 spiro atoms. The Morgan fingerprint density at radius 2 is 1.88 bits per heavy atom. The number of hydrogen-bond acceptors (Lipinski definition) is 3. The maximum Gasteiger partial charge on any atom is 0.225 e. The lowest BCUT2D eigenvalue weighted by Gasteiger charge is -2.34. The summed E-state index contributed by atoms with van der Waals surface area (Å²) in [5.74, 6) is 1.08. The van der Waals surface area contributed by atoms with Crippen molar-refractivity contribution in [2.24, 2.45) is 0 Å². The fourth-order valence-electron chi connectivity index (χ4n) is 3.39. The van der Waals surface area contributed by atoms with Crippen molar-refractivity contribution in [1.82, 2.24) is 10.6 Å². The molecule has 0 aromatic heterocycles.